The Balaban J connectivity index is 2.33. The molecule has 0 fully saturated rings. The van der Waals surface area contributed by atoms with Crippen molar-refractivity contribution in [2.45, 2.75) is 31.9 Å². The van der Waals surface area contributed by atoms with Gasteiger partial charge in [0.1, 0.15) is 11.4 Å². The van der Waals surface area contributed by atoms with E-state index in [2.05, 4.69) is 15.9 Å². The molecule has 0 aliphatic carbocycles. The molecule has 1 aromatic carbocycles. The van der Waals surface area contributed by atoms with Crippen LogP contribution in [-0.4, -0.2) is 18.8 Å². The van der Waals surface area contributed by atoms with Crippen molar-refractivity contribution in [1.82, 2.24) is 0 Å². The fourth-order valence-electron chi connectivity index (χ4n) is 2.16. The van der Waals surface area contributed by atoms with Crippen LogP contribution in [0, 0.1) is 0 Å². The van der Waals surface area contributed by atoms with E-state index in [1.807, 2.05) is 19.1 Å². The van der Waals surface area contributed by atoms with E-state index in [1.165, 1.54) is 0 Å². The van der Waals surface area contributed by atoms with Gasteiger partial charge in [0.25, 0.3) is 0 Å². The zero-order valence-electron chi connectivity index (χ0n) is 9.93. The minimum atomic E-state index is -1.33. The highest BCUT2D eigenvalue weighted by Gasteiger charge is 2.29. The second kappa shape index (κ2) is 4.94. The van der Waals surface area contributed by atoms with Gasteiger partial charge in [0, 0.05) is 23.9 Å². The maximum atomic E-state index is 14.3. The Morgan fingerprint density at radius 3 is 2.94 bits per heavy atom. The minimum Gasteiger partial charge on any atom is -0.493 e. The van der Waals surface area contributed by atoms with Gasteiger partial charge in [0.2, 0.25) is 0 Å². The molecule has 0 spiro atoms. The lowest BCUT2D eigenvalue weighted by Gasteiger charge is -2.23. The summed E-state index contributed by atoms with van der Waals surface area (Å²) >= 11 is 3.46. The molecule has 2 N–H and O–H groups in total. The van der Waals surface area contributed by atoms with Crippen molar-refractivity contribution in [3.05, 3.63) is 27.7 Å². The quantitative estimate of drug-likeness (QED) is 0.928. The van der Waals surface area contributed by atoms with Crippen LogP contribution in [0.1, 0.15) is 24.5 Å². The average molecular weight is 302 g/mol. The van der Waals surface area contributed by atoms with Crippen LogP contribution in [0.2, 0.25) is 0 Å². The summed E-state index contributed by atoms with van der Waals surface area (Å²) in [6, 6.07) is 3.98. The van der Waals surface area contributed by atoms with Crippen LogP contribution in [0.3, 0.4) is 0 Å². The molecular weight excluding hydrogens is 285 g/mol. The van der Waals surface area contributed by atoms with E-state index in [4.69, 9.17) is 10.5 Å². The number of alkyl halides is 1. The van der Waals surface area contributed by atoms with Crippen molar-refractivity contribution >= 4 is 15.9 Å². The molecule has 1 aliphatic heterocycles. The van der Waals surface area contributed by atoms with Gasteiger partial charge in [-0.15, -0.1) is 0 Å². The molecule has 1 unspecified atom stereocenters. The molecule has 1 atom stereocenters. The molecule has 1 heterocycles. The Labute approximate surface area is 109 Å². The molecule has 0 radical (unpaired) electrons. The summed E-state index contributed by atoms with van der Waals surface area (Å²) in [5.74, 6) is 0.858. The molecule has 0 saturated heterocycles. The van der Waals surface area contributed by atoms with Gasteiger partial charge >= 0.3 is 0 Å². The Bertz CT molecular complexity index is 418. The summed E-state index contributed by atoms with van der Waals surface area (Å²) in [5, 5.41) is 0. The highest BCUT2D eigenvalue weighted by molar-refractivity contribution is 9.10. The SMILES string of the molecule is CCC(F)(CN)Cc1cc(Br)cc2c1OCC2. The predicted octanol–water partition coefficient (Wildman–Crippen LogP) is 3.00. The third-order valence-electron chi connectivity index (χ3n) is 3.33. The summed E-state index contributed by atoms with van der Waals surface area (Å²) in [4.78, 5) is 0. The van der Waals surface area contributed by atoms with Crippen LogP contribution in [0.15, 0.2) is 16.6 Å². The van der Waals surface area contributed by atoms with Gasteiger partial charge in [0.05, 0.1) is 6.61 Å². The summed E-state index contributed by atoms with van der Waals surface area (Å²) in [5.41, 5.74) is 6.26. The van der Waals surface area contributed by atoms with Gasteiger partial charge in [-0.25, -0.2) is 4.39 Å². The van der Waals surface area contributed by atoms with Crippen molar-refractivity contribution in [3.63, 3.8) is 0 Å². The van der Waals surface area contributed by atoms with Crippen molar-refractivity contribution < 1.29 is 9.13 Å². The molecule has 2 rings (SSSR count). The first-order valence-electron chi connectivity index (χ1n) is 5.91. The maximum Gasteiger partial charge on any atom is 0.127 e. The Morgan fingerprint density at radius 1 is 1.53 bits per heavy atom. The van der Waals surface area contributed by atoms with Crippen LogP contribution in [-0.2, 0) is 12.8 Å². The lowest BCUT2D eigenvalue weighted by atomic mass is 9.92. The molecule has 94 valence electrons. The van der Waals surface area contributed by atoms with Gasteiger partial charge in [-0.05, 0) is 29.7 Å². The summed E-state index contributed by atoms with van der Waals surface area (Å²) in [6.45, 7) is 2.56. The smallest absolute Gasteiger partial charge is 0.127 e. The molecule has 1 aliphatic rings. The molecule has 17 heavy (non-hydrogen) atoms. The molecule has 4 heteroatoms. The second-order valence-corrected chi connectivity index (χ2v) is 5.45. The zero-order valence-corrected chi connectivity index (χ0v) is 11.5. The number of ether oxygens (including phenoxy) is 1. The van der Waals surface area contributed by atoms with E-state index >= 15 is 0 Å². The van der Waals surface area contributed by atoms with Crippen molar-refractivity contribution in [2.75, 3.05) is 13.2 Å². The van der Waals surface area contributed by atoms with Gasteiger partial charge in [-0.1, -0.05) is 22.9 Å². The van der Waals surface area contributed by atoms with Crippen molar-refractivity contribution in [1.29, 1.82) is 0 Å². The van der Waals surface area contributed by atoms with E-state index < -0.39 is 5.67 Å². The monoisotopic (exact) mass is 301 g/mol. The maximum absolute atomic E-state index is 14.3. The molecule has 1 aromatic rings. The Morgan fingerprint density at radius 2 is 2.29 bits per heavy atom. The van der Waals surface area contributed by atoms with E-state index in [9.17, 15) is 4.39 Å². The Hall–Kier alpha value is -0.610. The van der Waals surface area contributed by atoms with E-state index in [0.717, 1.165) is 27.8 Å². The van der Waals surface area contributed by atoms with E-state index in [1.54, 1.807) is 0 Å². The molecular formula is C13H17BrFNO. The predicted molar refractivity (Wildman–Crippen MR) is 70.2 cm³/mol. The van der Waals surface area contributed by atoms with E-state index in [-0.39, 0.29) is 6.54 Å². The minimum absolute atomic E-state index is 0.0464. The summed E-state index contributed by atoms with van der Waals surface area (Å²) in [7, 11) is 0. The first-order valence-corrected chi connectivity index (χ1v) is 6.70. The lowest BCUT2D eigenvalue weighted by Crippen LogP contribution is -2.34. The molecule has 0 aromatic heterocycles. The van der Waals surface area contributed by atoms with Gasteiger partial charge in [-0.2, -0.15) is 0 Å². The summed E-state index contributed by atoms with van der Waals surface area (Å²) in [6.07, 6.45) is 1.64. The molecule has 0 bridgehead atoms. The number of rotatable bonds is 4. The van der Waals surface area contributed by atoms with E-state index in [0.29, 0.717) is 19.4 Å². The van der Waals surface area contributed by atoms with Gasteiger partial charge < -0.3 is 10.5 Å². The fourth-order valence-corrected chi connectivity index (χ4v) is 2.71. The topological polar surface area (TPSA) is 35.2 Å². The van der Waals surface area contributed by atoms with Crippen molar-refractivity contribution in [2.24, 2.45) is 5.73 Å². The number of hydrogen-bond acceptors (Lipinski definition) is 2. The number of halogens is 2. The highest BCUT2D eigenvalue weighted by Crippen LogP contribution is 2.36. The normalized spacial score (nSPS) is 17.4. The summed E-state index contributed by atoms with van der Waals surface area (Å²) < 4.78 is 20.9. The van der Waals surface area contributed by atoms with Crippen LogP contribution < -0.4 is 10.5 Å². The van der Waals surface area contributed by atoms with Gasteiger partial charge in [0.15, 0.2) is 0 Å². The lowest BCUT2D eigenvalue weighted by molar-refractivity contribution is 0.165. The number of hydrogen-bond donors (Lipinski definition) is 1. The van der Waals surface area contributed by atoms with Crippen LogP contribution in [0.4, 0.5) is 4.39 Å². The van der Waals surface area contributed by atoms with Crippen LogP contribution in [0.25, 0.3) is 0 Å². The third kappa shape index (κ3) is 2.63. The Kier molecular flexibility index (Phi) is 3.73. The number of nitrogens with two attached hydrogens (primary N) is 1. The third-order valence-corrected chi connectivity index (χ3v) is 3.79. The fraction of sp³-hybridized carbons (Fsp3) is 0.538. The van der Waals surface area contributed by atoms with Crippen LogP contribution >= 0.6 is 15.9 Å². The molecule has 0 saturated carbocycles. The number of benzene rings is 1. The standard InChI is InChI=1S/C13H17BrFNO/c1-2-13(15,8-16)7-10-6-11(14)5-9-3-4-17-12(9)10/h5-6H,2-4,7-8,16H2,1H3. The largest absolute Gasteiger partial charge is 0.493 e. The average Bonchev–Trinajstić information content (AvgIpc) is 2.77. The van der Waals surface area contributed by atoms with Crippen LogP contribution in [0.5, 0.6) is 5.75 Å². The first-order chi connectivity index (χ1) is 8.08. The first kappa shape index (κ1) is 12.8. The molecule has 2 nitrogen and oxygen atoms in total. The zero-order chi connectivity index (χ0) is 12.5. The highest BCUT2D eigenvalue weighted by atomic mass is 79.9. The van der Waals surface area contributed by atoms with Crippen molar-refractivity contribution in [3.8, 4) is 5.75 Å². The second-order valence-electron chi connectivity index (χ2n) is 4.54. The molecule has 0 amide bonds. The number of fused-ring (bicyclic) bond motifs is 1. The van der Waals surface area contributed by atoms with Gasteiger partial charge in [-0.3, -0.25) is 0 Å².